The number of amides is 1. The molecule has 30 heavy (non-hydrogen) atoms. The van der Waals surface area contributed by atoms with Crippen molar-refractivity contribution in [2.45, 2.75) is 12.7 Å². The first-order valence-corrected chi connectivity index (χ1v) is 9.72. The Hall–Kier alpha value is -3.33. The van der Waals surface area contributed by atoms with E-state index in [2.05, 4.69) is 15.4 Å². The highest BCUT2D eigenvalue weighted by Crippen LogP contribution is 2.33. The second-order valence-corrected chi connectivity index (χ2v) is 7.52. The zero-order valence-electron chi connectivity index (χ0n) is 15.4. The molecule has 9 heteroatoms. The molecular formula is C21H15F3N4OS. The SMILES string of the molecule is O=C1NC(=Nc2cccc(C(F)(F)F)c2)S/C1=C/c1cnn(Cc2ccccc2)c1. The third-order valence-corrected chi connectivity index (χ3v) is 5.10. The van der Waals surface area contributed by atoms with Crippen molar-refractivity contribution in [3.63, 3.8) is 0 Å². The number of aliphatic imine (C=N–C) groups is 1. The molecule has 0 bridgehead atoms. The van der Waals surface area contributed by atoms with Crippen molar-refractivity contribution in [1.29, 1.82) is 0 Å². The topological polar surface area (TPSA) is 59.3 Å². The van der Waals surface area contributed by atoms with E-state index in [1.54, 1.807) is 17.0 Å². The normalized spacial score (nSPS) is 17.0. The molecule has 0 aliphatic carbocycles. The second-order valence-electron chi connectivity index (χ2n) is 6.49. The van der Waals surface area contributed by atoms with Crippen LogP contribution in [0.5, 0.6) is 0 Å². The highest BCUT2D eigenvalue weighted by Gasteiger charge is 2.30. The first-order valence-electron chi connectivity index (χ1n) is 8.90. The number of benzene rings is 2. The number of carbonyl (C=O) groups excluding carboxylic acids is 1. The molecule has 0 spiro atoms. The quantitative estimate of drug-likeness (QED) is 0.605. The molecule has 1 N–H and O–H groups in total. The molecule has 0 saturated carbocycles. The molecule has 0 atom stereocenters. The molecule has 0 radical (unpaired) electrons. The molecule has 0 unspecified atom stereocenters. The maximum atomic E-state index is 12.8. The summed E-state index contributed by atoms with van der Waals surface area (Å²) < 4.78 is 40.3. The summed E-state index contributed by atoms with van der Waals surface area (Å²) in [5.74, 6) is -0.360. The van der Waals surface area contributed by atoms with E-state index < -0.39 is 11.7 Å². The number of halogens is 3. The maximum absolute atomic E-state index is 12.8. The monoisotopic (exact) mass is 428 g/mol. The van der Waals surface area contributed by atoms with E-state index in [1.165, 1.54) is 12.1 Å². The Morgan fingerprint density at radius 1 is 1.13 bits per heavy atom. The molecule has 1 fully saturated rings. The molecule has 152 valence electrons. The van der Waals surface area contributed by atoms with Crippen LogP contribution in [0.1, 0.15) is 16.7 Å². The van der Waals surface area contributed by atoms with Gasteiger partial charge in [-0.1, -0.05) is 36.4 Å². The lowest BCUT2D eigenvalue weighted by molar-refractivity contribution is -0.137. The number of nitrogens with one attached hydrogen (secondary N) is 1. The molecule has 5 nitrogen and oxygen atoms in total. The molecule has 2 heterocycles. The predicted octanol–water partition coefficient (Wildman–Crippen LogP) is 4.84. The van der Waals surface area contributed by atoms with Gasteiger partial charge < -0.3 is 5.32 Å². The fraction of sp³-hybridized carbons (Fsp3) is 0.0952. The van der Waals surface area contributed by atoms with Gasteiger partial charge in [0.1, 0.15) is 0 Å². The number of rotatable bonds is 4. The van der Waals surface area contributed by atoms with Crippen LogP contribution in [0.25, 0.3) is 6.08 Å². The Kier molecular flexibility index (Phi) is 5.45. The van der Waals surface area contributed by atoms with Gasteiger partial charge in [0, 0.05) is 11.8 Å². The fourth-order valence-electron chi connectivity index (χ4n) is 2.81. The summed E-state index contributed by atoms with van der Waals surface area (Å²) in [5, 5.41) is 7.09. The smallest absolute Gasteiger partial charge is 0.300 e. The molecule has 2 aromatic carbocycles. The van der Waals surface area contributed by atoms with E-state index in [0.717, 1.165) is 35.0 Å². The van der Waals surface area contributed by atoms with Crippen LogP contribution in [0, 0.1) is 0 Å². The highest BCUT2D eigenvalue weighted by molar-refractivity contribution is 8.18. The van der Waals surface area contributed by atoms with E-state index >= 15 is 0 Å². The van der Waals surface area contributed by atoms with Gasteiger partial charge in [-0.3, -0.25) is 9.48 Å². The third-order valence-electron chi connectivity index (χ3n) is 4.19. The number of hydrogen-bond acceptors (Lipinski definition) is 4. The van der Waals surface area contributed by atoms with Crippen molar-refractivity contribution >= 4 is 34.6 Å². The highest BCUT2D eigenvalue weighted by atomic mass is 32.2. The average Bonchev–Trinajstić information content (AvgIpc) is 3.28. The molecule has 1 aromatic heterocycles. The standard InChI is InChI=1S/C21H15F3N4OS/c22-21(23,24)16-7-4-8-17(10-16)26-20-27-19(29)18(30-20)9-15-11-25-28(13-15)12-14-5-2-1-3-6-14/h1-11,13H,12H2,(H,26,27,29)/b18-9+. The Morgan fingerprint density at radius 2 is 1.93 bits per heavy atom. The zero-order valence-corrected chi connectivity index (χ0v) is 16.2. The fourth-order valence-corrected chi connectivity index (χ4v) is 3.65. The number of hydrogen-bond donors (Lipinski definition) is 1. The van der Waals surface area contributed by atoms with Crippen molar-refractivity contribution < 1.29 is 18.0 Å². The minimum absolute atomic E-state index is 0.115. The summed E-state index contributed by atoms with van der Waals surface area (Å²) in [7, 11) is 0. The van der Waals surface area contributed by atoms with Gasteiger partial charge in [-0.25, -0.2) is 4.99 Å². The molecule has 1 amide bonds. The molecule has 1 saturated heterocycles. The summed E-state index contributed by atoms with van der Waals surface area (Å²) >= 11 is 1.07. The van der Waals surface area contributed by atoms with Gasteiger partial charge in [0.05, 0.1) is 28.9 Å². The summed E-state index contributed by atoms with van der Waals surface area (Å²) in [6.07, 6.45) is 0.678. The van der Waals surface area contributed by atoms with Crippen LogP contribution in [0.4, 0.5) is 18.9 Å². The summed E-state index contributed by atoms with van der Waals surface area (Å²) in [6.45, 7) is 0.603. The van der Waals surface area contributed by atoms with Crippen molar-refractivity contribution in [1.82, 2.24) is 15.1 Å². The minimum Gasteiger partial charge on any atom is -0.300 e. The molecule has 4 rings (SSSR count). The Bertz CT molecular complexity index is 1140. The number of carbonyl (C=O) groups is 1. The first kappa shape index (κ1) is 20.0. The van der Waals surface area contributed by atoms with E-state index in [9.17, 15) is 18.0 Å². The van der Waals surface area contributed by atoms with Crippen LogP contribution in [-0.2, 0) is 17.5 Å². The number of alkyl halides is 3. The van der Waals surface area contributed by atoms with E-state index in [4.69, 9.17) is 0 Å². The van der Waals surface area contributed by atoms with Crippen LogP contribution in [0.3, 0.4) is 0 Å². The van der Waals surface area contributed by atoms with Gasteiger partial charge in [-0.2, -0.15) is 18.3 Å². The minimum atomic E-state index is -4.45. The number of amidine groups is 1. The van der Waals surface area contributed by atoms with Gasteiger partial charge in [-0.05, 0) is 41.6 Å². The maximum Gasteiger partial charge on any atom is 0.416 e. The largest absolute Gasteiger partial charge is 0.416 e. The van der Waals surface area contributed by atoms with Crippen molar-refractivity contribution in [2.75, 3.05) is 0 Å². The van der Waals surface area contributed by atoms with Crippen molar-refractivity contribution in [3.05, 3.63) is 88.6 Å². The first-order chi connectivity index (χ1) is 14.4. The van der Waals surface area contributed by atoms with Crippen LogP contribution >= 0.6 is 11.8 Å². The Balaban J connectivity index is 1.49. The Morgan fingerprint density at radius 3 is 2.70 bits per heavy atom. The van der Waals surface area contributed by atoms with Gasteiger partial charge in [0.25, 0.3) is 5.91 Å². The lowest BCUT2D eigenvalue weighted by atomic mass is 10.2. The molecular weight excluding hydrogens is 413 g/mol. The third kappa shape index (κ3) is 4.80. The second kappa shape index (κ2) is 8.19. The van der Waals surface area contributed by atoms with E-state index in [-0.39, 0.29) is 16.8 Å². The average molecular weight is 428 g/mol. The van der Waals surface area contributed by atoms with Crippen LogP contribution in [0.2, 0.25) is 0 Å². The van der Waals surface area contributed by atoms with Gasteiger partial charge in [0.15, 0.2) is 5.17 Å². The van der Waals surface area contributed by atoms with Crippen molar-refractivity contribution in [3.8, 4) is 0 Å². The number of nitrogens with zero attached hydrogens (tertiary/aromatic N) is 3. The van der Waals surface area contributed by atoms with E-state index in [0.29, 0.717) is 11.4 Å². The Labute approximate surface area is 174 Å². The van der Waals surface area contributed by atoms with Crippen LogP contribution < -0.4 is 5.32 Å². The van der Waals surface area contributed by atoms with Gasteiger partial charge in [0.2, 0.25) is 0 Å². The van der Waals surface area contributed by atoms with Crippen LogP contribution in [-0.4, -0.2) is 20.9 Å². The summed E-state index contributed by atoms with van der Waals surface area (Å²) in [4.78, 5) is 16.7. The van der Waals surface area contributed by atoms with E-state index in [1.807, 2.05) is 36.5 Å². The zero-order chi connectivity index (χ0) is 21.1. The predicted molar refractivity (Wildman–Crippen MR) is 110 cm³/mol. The molecule has 1 aliphatic heterocycles. The van der Waals surface area contributed by atoms with Crippen molar-refractivity contribution in [2.24, 2.45) is 4.99 Å². The van der Waals surface area contributed by atoms with Gasteiger partial charge in [-0.15, -0.1) is 0 Å². The summed E-state index contributed by atoms with van der Waals surface area (Å²) in [5.41, 5.74) is 1.16. The summed E-state index contributed by atoms with van der Waals surface area (Å²) in [6, 6.07) is 14.5. The molecule has 3 aromatic rings. The number of thioether (sulfide) groups is 1. The lowest BCUT2D eigenvalue weighted by Crippen LogP contribution is -2.19. The molecule has 1 aliphatic rings. The van der Waals surface area contributed by atoms with Gasteiger partial charge >= 0.3 is 6.18 Å². The number of aromatic nitrogens is 2. The van der Waals surface area contributed by atoms with Crippen LogP contribution in [0.15, 0.2) is 76.9 Å². The lowest BCUT2D eigenvalue weighted by Gasteiger charge is -2.06.